The second-order valence-corrected chi connectivity index (χ2v) is 8.31. The van der Waals surface area contributed by atoms with Gasteiger partial charge in [-0.15, -0.1) is 0 Å². The second kappa shape index (κ2) is 9.32. The Morgan fingerprint density at radius 2 is 1.78 bits per heavy atom. The molecule has 0 fully saturated rings. The number of aryl methyl sites for hydroxylation is 1. The average Bonchev–Trinajstić information content (AvgIpc) is 3.13. The van der Waals surface area contributed by atoms with Gasteiger partial charge in [-0.3, -0.25) is 4.79 Å². The molecule has 1 aromatic heterocycles. The molecule has 32 heavy (non-hydrogen) atoms. The lowest BCUT2D eigenvalue weighted by Gasteiger charge is -2.08. The summed E-state index contributed by atoms with van der Waals surface area (Å²) in [5.74, 6) is -0.479. The molecule has 0 bridgehead atoms. The van der Waals surface area contributed by atoms with Gasteiger partial charge in [0.1, 0.15) is 11.6 Å². The van der Waals surface area contributed by atoms with Crippen LogP contribution in [0.5, 0.6) is 0 Å². The number of carbonyl (C=O) groups excluding carboxylic acids is 1. The van der Waals surface area contributed by atoms with E-state index >= 15 is 0 Å². The number of aromatic nitrogens is 1. The highest BCUT2D eigenvalue weighted by molar-refractivity contribution is 6.31. The Bertz CT molecular complexity index is 1380. The molecule has 0 atom stereocenters. The maximum absolute atomic E-state index is 12.8. The van der Waals surface area contributed by atoms with E-state index in [1.54, 1.807) is 18.2 Å². The van der Waals surface area contributed by atoms with Crippen LogP contribution < -0.4 is 5.32 Å². The van der Waals surface area contributed by atoms with Crippen molar-refractivity contribution < 1.29 is 4.79 Å². The number of para-hydroxylation sites is 1. The van der Waals surface area contributed by atoms with Crippen molar-refractivity contribution in [3.05, 3.63) is 105 Å². The molecule has 158 valence electrons. The molecule has 1 amide bonds. The number of carbonyl (C=O) groups is 1. The first kappa shape index (κ1) is 21.7. The number of hydrogen-bond acceptors (Lipinski definition) is 2. The molecule has 0 saturated carbocycles. The van der Waals surface area contributed by atoms with E-state index in [0.29, 0.717) is 22.3 Å². The van der Waals surface area contributed by atoms with Crippen molar-refractivity contribution in [2.45, 2.75) is 13.5 Å². The molecular weight excluding hydrogens is 441 g/mol. The van der Waals surface area contributed by atoms with E-state index in [4.69, 9.17) is 23.2 Å². The fraction of sp³-hybridized carbons (Fsp3) is 0.0769. The lowest BCUT2D eigenvalue weighted by Crippen LogP contribution is -2.14. The number of anilines is 1. The van der Waals surface area contributed by atoms with Crippen LogP contribution in [0.3, 0.4) is 0 Å². The van der Waals surface area contributed by atoms with Gasteiger partial charge in [0, 0.05) is 44.9 Å². The van der Waals surface area contributed by atoms with E-state index in [2.05, 4.69) is 9.88 Å². The molecule has 4 nitrogen and oxygen atoms in total. The zero-order valence-electron chi connectivity index (χ0n) is 17.3. The van der Waals surface area contributed by atoms with Gasteiger partial charge in [0.25, 0.3) is 5.91 Å². The van der Waals surface area contributed by atoms with E-state index in [0.717, 1.165) is 27.6 Å². The summed E-state index contributed by atoms with van der Waals surface area (Å²) in [6.07, 6.45) is 3.57. The minimum absolute atomic E-state index is 0.0128. The molecule has 6 heteroatoms. The van der Waals surface area contributed by atoms with E-state index in [-0.39, 0.29) is 5.57 Å². The standard InChI is InChI=1S/C26H19Cl2N3O/c1-17-6-9-22(28)13-24(17)30-26(32)19(14-29)12-20-16-31(25-5-3-2-4-23(20)25)15-18-7-10-21(27)11-8-18/h2-13,16H,15H2,1H3,(H,30,32)/b19-12+. The van der Waals surface area contributed by atoms with Gasteiger partial charge in [0.2, 0.25) is 0 Å². The molecule has 0 saturated heterocycles. The van der Waals surface area contributed by atoms with Crippen LogP contribution in [0.2, 0.25) is 10.0 Å². The number of fused-ring (bicyclic) bond motifs is 1. The van der Waals surface area contributed by atoms with Gasteiger partial charge in [-0.05, 0) is 54.5 Å². The average molecular weight is 460 g/mol. The highest BCUT2D eigenvalue weighted by Crippen LogP contribution is 2.26. The summed E-state index contributed by atoms with van der Waals surface area (Å²) >= 11 is 12.0. The van der Waals surface area contributed by atoms with Gasteiger partial charge >= 0.3 is 0 Å². The zero-order chi connectivity index (χ0) is 22.7. The molecule has 0 aliphatic rings. The smallest absolute Gasteiger partial charge is 0.266 e. The Labute approximate surface area is 196 Å². The summed E-state index contributed by atoms with van der Waals surface area (Å²) in [7, 11) is 0. The van der Waals surface area contributed by atoms with Crippen LogP contribution in [-0.2, 0) is 11.3 Å². The summed E-state index contributed by atoms with van der Waals surface area (Å²) in [4.78, 5) is 12.8. The molecule has 0 aliphatic heterocycles. The lowest BCUT2D eigenvalue weighted by atomic mass is 10.1. The van der Waals surface area contributed by atoms with E-state index < -0.39 is 5.91 Å². The highest BCUT2D eigenvalue weighted by atomic mass is 35.5. The van der Waals surface area contributed by atoms with Gasteiger partial charge in [0.05, 0.1) is 0 Å². The molecule has 0 spiro atoms. The van der Waals surface area contributed by atoms with Crippen LogP contribution in [0.4, 0.5) is 5.69 Å². The third kappa shape index (κ3) is 4.70. The number of rotatable bonds is 5. The number of benzene rings is 3. The Morgan fingerprint density at radius 3 is 2.53 bits per heavy atom. The molecule has 4 rings (SSSR count). The number of hydrogen-bond donors (Lipinski definition) is 1. The highest BCUT2D eigenvalue weighted by Gasteiger charge is 2.14. The van der Waals surface area contributed by atoms with E-state index in [1.165, 1.54) is 0 Å². The Morgan fingerprint density at radius 1 is 1.06 bits per heavy atom. The minimum Gasteiger partial charge on any atom is -0.342 e. The van der Waals surface area contributed by atoms with Crippen molar-refractivity contribution in [2.75, 3.05) is 5.32 Å². The first-order valence-electron chi connectivity index (χ1n) is 9.96. The maximum Gasteiger partial charge on any atom is 0.266 e. The van der Waals surface area contributed by atoms with Crippen molar-refractivity contribution in [3.8, 4) is 6.07 Å². The predicted molar refractivity (Wildman–Crippen MR) is 131 cm³/mol. The van der Waals surface area contributed by atoms with Crippen molar-refractivity contribution in [1.82, 2.24) is 4.57 Å². The summed E-state index contributed by atoms with van der Waals surface area (Å²) in [6.45, 7) is 2.51. The molecule has 0 unspecified atom stereocenters. The summed E-state index contributed by atoms with van der Waals surface area (Å²) in [5.41, 5.74) is 4.36. The monoisotopic (exact) mass is 459 g/mol. The summed E-state index contributed by atoms with van der Waals surface area (Å²) in [5, 5.41) is 14.6. The number of nitrogens with one attached hydrogen (secondary N) is 1. The van der Waals surface area contributed by atoms with Gasteiger partial charge in [0.15, 0.2) is 0 Å². The topological polar surface area (TPSA) is 57.8 Å². The predicted octanol–water partition coefficient (Wildman–Crippen LogP) is 6.85. The zero-order valence-corrected chi connectivity index (χ0v) is 18.8. The van der Waals surface area contributed by atoms with Gasteiger partial charge < -0.3 is 9.88 Å². The van der Waals surface area contributed by atoms with Crippen molar-refractivity contribution in [1.29, 1.82) is 5.26 Å². The minimum atomic E-state index is -0.479. The van der Waals surface area contributed by atoms with Crippen LogP contribution in [0.25, 0.3) is 17.0 Å². The van der Waals surface area contributed by atoms with Crippen molar-refractivity contribution in [3.63, 3.8) is 0 Å². The summed E-state index contributed by atoms with van der Waals surface area (Å²) < 4.78 is 2.10. The second-order valence-electron chi connectivity index (χ2n) is 7.44. The van der Waals surface area contributed by atoms with E-state index in [9.17, 15) is 10.1 Å². The maximum atomic E-state index is 12.8. The fourth-order valence-corrected chi connectivity index (χ4v) is 3.83. The molecule has 1 heterocycles. The number of nitriles is 1. The largest absolute Gasteiger partial charge is 0.342 e. The molecule has 4 aromatic rings. The van der Waals surface area contributed by atoms with Crippen LogP contribution in [0, 0.1) is 18.3 Å². The molecular formula is C26H19Cl2N3O. The van der Waals surface area contributed by atoms with Crippen molar-refractivity contribution >= 4 is 51.8 Å². The number of amides is 1. The first-order chi connectivity index (χ1) is 15.4. The van der Waals surface area contributed by atoms with Crippen LogP contribution in [0.1, 0.15) is 16.7 Å². The van der Waals surface area contributed by atoms with Gasteiger partial charge in [-0.25, -0.2) is 0 Å². The van der Waals surface area contributed by atoms with Crippen LogP contribution in [0.15, 0.2) is 78.5 Å². The summed E-state index contributed by atoms with van der Waals surface area (Å²) in [6, 6.07) is 22.8. The molecule has 0 aliphatic carbocycles. The molecule has 0 radical (unpaired) electrons. The first-order valence-corrected chi connectivity index (χ1v) is 10.7. The SMILES string of the molecule is Cc1ccc(Cl)cc1NC(=O)/C(C#N)=C/c1cn(Cc2ccc(Cl)cc2)c2ccccc12. The van der Waals surface area contributed by atoms with Gasteiger partial charge in [-0.1, -0.05) is 59.6 Å². The Kier molecular flexibility index (Phi) is 6.32. The lowest BCUT2D eigenvalue weighted by molar-refractivity contribution is -0.112. The normalized spacial score (nSPS) is 11.4. The third-order valence-electron chi connectivity index (χ3n) is 5.20. The molecule has 1 N–H and O–H groups in total. The van der Waals surface area contributed by atoms with Gasteiger partial charge in [-0.2, -0.15) is 5.26 Å². The quantitative estimate of drug-likeness (QED) is 0.262. The Balaban J connectivity index is 1.68. The van der Waals surface area contributed by atoms with E-state index in [1.807, 2.05) is 73.8 Å². The Hall–Kier alpha value is -3.52. The van der Waals surface area contributed by atoms with Crippen LogP contribution >= 0.6 is 23.2 Å². The number of halogens is 2. The number of nitrogens with zero attached hydrogens (tertiary/aromatic N) is 2. The van der Waals surface area contributed by atoms with Crippen molar-refractivity contribution in [2.24, 2.45) is 0 Å². The van der Waals surface area contributed by atoms with Crippen LogP contribution in [-0.4, -0.2) is 10.5 Å². The fourth-order valence-electron chi connectivity index (χ4n) is 3.53. The molecule has 3 aromatic carbocycles. The third-order valence-corrected chi connectivity index (χ3v) is 5.69.